The lowest BCUT2D eigenvalue weighted by Gasteiger charge is -2.21. The van der Waals surface area contributed by atoms with E-state index in [9.17, 15) is 19.0 Å². The third kappa shape index (κ3) is 2.93. The molecule has 6 nitrogen and oxygen atoms in total. The molecular weight excluding hydrogens is 366 g/mol. The van der Waals surface area contributed by atoms with Crippen LogP contribution in [0.5, 0.6) is 0 Å². The number of hydrogen-bond donors (Lipinski definition) is 3. The fraction of sp³-hybridized carbons (Fsp3) is 0.400. The second-order valence-electron chi connectivity index (χ2n) is 7.50. The van der Waals surface area contributed by atoms with E-state index >= 15 is 0 Å². The zero-order valence-corrected chi connectivity index (χ0v) is 15.6. The number of fused-ring (bicyclic) bond motifs is 1. The topological polar surface area (TPSA) is 96.7 Å². The number of anilines is 1. The standard InChI is InChI=1S/C20H22F2N4O2/c1-10-3-4-13(20(21,22)11(2)28)6-14(10)17-7-24-19-18(23)25-16(8-26(17)19)15-5-12(15)9-27/h3-4,6-8,11-12,15,27-28H,5,9H2,1-2H3,(H2,23,25). The van der Waals surface area contributed by atoms with E-state index in [1.807, 2.05) is 13.1 Å². The zero-order valence-electron chi connectivity index (χ0n) is 15.6. The fourth-order valence-electron chi connectivity index (χ4n) is 3.57. The molecule has 0 spiro atoms. The predicted molar refractivity (Wildman–Crippen MR) is 101 cm³/mol. The number of aliphatic hydroxyl groups is 2. The Morgan fingerprint density at radius 2 is 2.14 bits per heavy atom. The maximum atomic E-state index is 14.3. The molecule has 1 fully saturated rings. The van der Waals surface area contributed by atoms with Gasteiger partial charge in [-0.15, -0.1) is 0 Å². The fourth-order valence-corrected chi connectivity index (χ4v) is 3.57. The van der Waals surface area contributed by atoms with Crippen LogP contribution in [-0.2, 0) is 5.92 Å². The Bertz CT molecular complexity index is 1050. The van der Waals surface area contributed by atoms with E-state index in [1.165, 1.54) is 12.1 Å². The van der Waals surface area contributed by atoms with Crippen LogP contribution >= 0.6 is 0 Å². The van der Waals surface area contributed by atoms with Crippen LogP contribution < -0.4 is 5.73 Å². The van der Waals surface area contributed by atoms with E-state index in [1.54, 1.807) is 16.7 Å². The highest BCUT2D eigenvalue weighted by molar-refractivity contribution is 5.72. The average Bonchev–Trinajstić information content (AvgIpc) is 3.33. The van der Waals surface area contributed by atoms with Crippen molar-refractivity contribution in [3.8, 4) is 11.3 Å². The number of rotatable bonds is 5. The number of nitrogens with two attached hydrogens (primary N) is 1. The highest BCUT2D eigenvalue weighted by Gasteiger charge is 2.40. The molecule has 1 saturated carbocycles. The summed E-state index contributed by atoms with van der Waals surface area (Å²) in [5.74, 6) is -2.79. The van der Waals surface area contributed by atoms with Crippen LogP contribution in [-0.4, -0.2) is 37.3 Å². The molecule has 0 bridgehead atoms. The molecule has 3 atom stereocenters. The van der Waals surface area contributed by atoms with Gasteiger partial charge in [0, 0.05) is 29.8 Å². The molecule has 4 rings (SSSR count). The van der Waals surface area contributed by atoms with E-state index in [0.717, 1.165) is 24.6 Å². The summed E-state index contributed by atoms with van der Waals surface area (Å²) in [5.41, 5.74) is 9.01. The summed E-state index contributed by atoms with van der Waals surface area (Å²) in [7, 11) is 0. The monoisotopic (exact) mass is 388 g/mol. The quantitative estimate of drug-likeness (QED) is 0.625. The maximum Gasteiger partial charge on any atom is 0.298 e. The number of nitrogen functional groups attached to an aromatic ring is 1. The van der Waals surface area contributed by atoms with Crippen LogP contribution in [0.3, 0.4) is 0 Å². The number of hydrogen-bond acceptors (Lipinski definition) is 5. The van der Waals surface area contributed by atoms with Gasteiger partial charge in [-0.05, 0) is 37.8 Å². The Kier molecular flexibility index (Phi) is 4.35. The molecule has 3 aromatic rings. The molecule has 1 aliphatic carbocycles. The summed E-state index contributed by atoms with van der Waals surface area (Å²) < 4.78 is 30.4. The molecule has 3 unspecified atom stereocenters. The van der Waals surface area contributed by atoms with Crippen LogP contribution in [0.1, 0.15) is 36.1 Å². The second kappa shape index (κ2) is 6.49. The van der Waals surface area contributed by atoms with E-state index in [0.29, 0.717) is 16.9 Å². The minimum atomic E-state index is -3.36. The lowest BCUT2D eigenvalue weighted by atomic mass is 9.97. The first-order valence-electron chi connectivity index (χ1n) is 9.15. The summed E-state index contributed by atoms with van der Waals surface area (Å²) >= 11 is 0. The molecule has 28 heavy (non-hydrogen) atoms. The smallest absolute Gasteiger partial charge is 0.298 e. The van der Waals surface area contributed by atoms with Crippen LogP contribution in [0.15, 0.2) is 30.6 Å². The molecule has 8 heteroatoms. The van der Waals surface area contributed by atoms with Crippen molar-refractivity contribution in [2.45, 2.75) is 38.2 Å². The number of aryl methyl sites for hydroxylation is 1. The lowest BCUT2D eigenvalue weighted by Crippen LogP contribution is -2.28. The van der Waals surface area contributed by atoms with Crippen molar-refractivity contribution >= 4 is 11.5 Å². The highest BCUT2D eigenvalue weighted by Crippen LogP contribution is 2.46. The van der Waals surface area contributed by atoms with Crippen LogP contribution in [0.25, 0.3) is 16.9 Å². The van der Waals surface area contributed by atoms with Crippen molar-refractivity contribution in [3.63, 3.8) is 0 Å². The van der Waals surface area contributed by atoms with Gasteiger partial charge >= 0.3 is 0 Å². The maximum absolute atomic E-state index is 14.3. The average molecular weight is 388 g/mol. The summed E-state index contributed by atoms with van der Waals surface area (Å²) in [4.78, 5) is 8.71. The van der Waals surface area contributed by atoms with Gasteiger partial charge in [0.15, 0.2) is 11.5 Å². The van der Waals surface area contributed by atoms with E-state index in [-0.39, 0.29) is 29.8 Å². The number of imidazole rings is 1. The van der Waals surface area contributed by atoms with Crippen molar-refractivity contribution in [1.82, 2.24) is 14.4 Å². The first-order chi connectivity index (χ1) is 13.2. The number of benzene rings is 1. The Labute approximate surface area is 160 Å². The summed E-state index contributed by atoms with van der Waals surface area (Å²) in [6.07, 6.45) is 2.43. The second-order valence-corrected chi connectivity index (χ2v) is 7.50. The number of nitrogens with zero attached hydrogens (tertiary/aromatic N) is 3. The van der Waals surface area contributed by atoms with Crippen molar-refractivity contribution in [3.05, 3.63) is 47.4 Å². The molecule has 0 radical (unpaired) electrons. The third-order valence-electron chi connectivity index (χ3n) is 5.50. The number of aliphatic hydroxyl groups excluding tert-OH is 2. The number of aromatic nitrogens is 3. The van der Waals surface area contributed by atoms with E-state index < -0.39 is 12.0 Å². The summed E-state index contributed by atoms with van der Waals surface area (Å²) in [6, 6.07) is 4.32. The SMILES string of the molecule is Cc1ccc(C(F)(F)C(C)O)cc1-c1cnc2c(N)nc(C3CC3CO)cn12. The third-order valence-corrected chi connectivity index (χ3v) is 5.50. The minimum Gasteiger partial charge on any atom is -0.396 e. The molecule has 0 saturated heterocycles. The molecule has 1 aromatic carbocycles. The lowest BCUT2D eigenvalue weighted by molar-refractivity contribution is -0.106. The highest BCUT2D eigenvalue weighted by atomic mass is 19.3. The van der Waals surface area contributed by atoms with E-state index in [4.69, 9.17) is 5.73 Å². The van der Waals surface area contributed by atoms with Gasteiger partial charge in [-0.3, -0.25) is 4.40 Å². The molecule has 4 N–H and O–H groups in total. The van der Waals surface area contributed by atoms with Gasteiger partial charge in [-0.1, -0.05) is 12.1 Å². The normalized spacial score (nSPS) is 20.5. The Balaban J connectivity index is 1.86. The largest absolute Gasteiger partial charge is 0.396 e. The molecule has 0 aliphatic heterocycles. The molecule has 2 heterocycles. The van der Waals surface area contributed by atoms with Gasteiger partial charge in [0.05, 0.1) is 17.6 Å². The predicted octanol–water partition coefficient (Wildman–Crippen LogP) is 2.86. The van der Waals surface area contributed by atoms with Crippen LogP contribution in [0.4, 0.5) is 14.6 Å². The van der Waals surface area contributed by atoms with Crippen molar-refractivity contribution in [1.29, 1.82) is 0 Å². The van der Waals surface area contributed by atoms with Gasteiger partial charge in [0.25, 0.3) is 5.92 Å². The van der Waals surface area contributed by atoms with Gasteiger partial charge in [-0.2, -0.15) is 8.78 Å². The van der Waals surface area contributed by atoms with Gasteiger partial charge in [0.2, 0.25) is 0 Å². The van der Waals surface area contributed by atoms with Crippen molar-refractivity contribution in [2.75, 3.05) is 12.3 Å². The molecule has 2 aromatic heterocycles. The first kappa shape index (κ1) is 18.8. The Morgan fingerprint density at radius 1 is 1.39 bits per heavy atom. The van der Waals surface area contributed by atoms with E-state index in [2.05, 4.69) is 9.97 Å². The van der Waals surface area contributed by atoms with Crippen molar-refractivity contribution in [2.24, 2.45) is 5.92 Å². The molecular formula is C20H22F2N4O2. The molecule has 1 aliphatic rings. The van der Waals surface area contributed by atoms with Gasteiger partial charge < -0.3 is 15.9 Å². The number of halogens is 2. The summed E-state index contributed by atoms with van der Waals surface area (Å²) in [6.45, 7) is 2.99. The van der Waals surface area contributed by atoms with Crippen molar-refractivity contribution < 1.29 is 19.0 Å². The zero-order chi connectivity index (χ0) is 20.2. The Morgan fingerprint density at radius 3 is 2.79 bits per heavy atom. The van der Waals surface area contributed by atoms with Gasteiger partial charge in [-0.25, -0.2) is 9.97 Å². The first-order valence-corrected chi connectivity index (χ1v) is 9.15. The summed E-state index contributed by atoms with van der Waals surface area (Å²) in [5, 5.41) is 18.8. The van der Waals surface area contributed by atoms with Crippen LogP contribution in [0, 0.1) is 12.8 Å². The van der Waals surface area contributed by atoms with Gasteiger partial charge in [0.1, 0.15) is 6.10 Å². The molecule has 0 amide bonds. The number of alkyl halides is 2. The molecule has 148 valence electrons. The van der Waals surface area contributed by atoms with Crippen LogP contribution in [0.2, 0.25) is 0 Å². The minimum absolute atomic E-state index is 0.0939. The Hall–Kier alpha value is -2.58.